The summed E-state index contributed by atoms with van der Waals surface area (Å²) in [5, 5.41) is 20.1. The minimum atomic E-state index is -0.431. The molecule has 0 aliphatic rings. The van der Waals surface area contributed by atoms with Gasteiger partial charge in [-0.1, -0.05) is 36.4 Å². The molecule has 154 valence electrons. The van der Waals surface area contributed by atoms with Crippen LogP contribution >= 0.6 is 11.8 Å². The normalized spacial score (nSPS) is 11.3. The van der Waals surface area contributed by atoms with Crippen LogP contribution in [0.15, 0.2) is 87.9 Å². The summed E-state index contributed by atoms with van der Waals surface area (Å²) < 4.78 is 14.0. The maximum Gasteiger partial charge on any atom is 0.224 e. The first-order valence-corrected chi connectivity index (χ1v) is 10.5. The first-order chi connectivity index (χ1) is 14.9. The van der Waals surface area contributed by atoms with Crippen molar-refractivity contribution in [3.8, 4) is 5.75 Å². The summed E-state index contributed by atoms with van der Waals surface area (Å²) in [5.74, 6) is -0.193. The van der Waals surface area contributed by atoms with Crippen LogP contribution in [0.5, 0.6) is 5.75 Å². The number of rotatable bonds is 4. The van der Waals surface area contributed by atoms with Crippen molar-refractivity contribution in [3.05, 3.63) is 95.3 Å². The van der Waals surface area contributed by atoms with Crippen molar-refractivity contribution in [1.82, 2.24) is 0 Å². The lowest BCUT2D eigenvalue weighted by Gasteiger charge is -2.07. The summed E-state index contributed by atoms with van der Waals surface area (Å²) in [6.45, 7) is 3.60. The van der Waals surface area contributed by atoms with Gasteiger partial charge in [-0.2, -0.15) is 5.11 Å². The van der Waals surface area contributed by atoms with Crippen molar-refractivity contribution in [2.45, 2.75) is 18.7 Å². The summed E-state index contributed by atoms with van der Waals surface area (Å²) in [7, 11) is 0. The number of phenolic OH excluding ortho intramolecular Hbond substituents is 1. The van der Waals surface area contributed by atoms with E-state index in [0.717, 1.165) is 22.5 Å². The quantitative estimate of drug-likeness (QED) is 0.267. The Hall–Kier alpha value is -3.51. The Labute approximate surface area is 183 Å². The second-order valence-corrected chi connectivity index (χ2v) is 8.18. The molecule has 0 radical (unpaired) electrons. The Morgan fingerprint density at radius 1 is 0.903 bits per heavy atom. The summed E-state index contributed by atoms with van der Waals surface area (Å²) in [5.41, 5.74) is 2.99. The topological polar surface area (TPSA) is 62.0 Å². The molecule has 4 aromatic carbocycles. The predicted octanol–water partition coefficient (Wildman–Crippen LogP) is 7.65. The number of thioether (sulfide) groups is 1. The number of fused-ring (bicyclic) bond motifs is 1. The van der Waals surface area contributed by atoms with Crippen molar-refractivity contribution in [3.63, 3.8) is 0 Å². The molecule has 4 rings (SSSR count). The minimum absolute atomic E-state index is 0.238. The van der Waals surface area contributed by atoms with E-state index in [0.29, 0.717) is 28.1 Å². The number of carbonyl (C=O) groups is 1. The molecule has 0 heterocycles. The Balaban J connectivity index is 1.73. The van der Waals surface area contributed by atoms with Crippen molar-refractivity contribution in [2.75, 3.05) is 0 Å². The largest absolute Gasteiger partial charge is 0.507 e. The zero-order valence-electron chi connectivity index (χ0n) is 17.0. The fraction of sp³-hybridized carbons (Fsp3) is 0.0800. The van der Waals surface area contributed by atoms with Gasteiger partial charge in [-0.05, 0) is 78.5 Å². The molecule has 0 spiro atoms. The lowest BCUT2D eigenvalue weighted by Crippen LogP contribution is -1.95. The highest BCUT2D eigenvalue weighted by molar-refractivity contribution is 8.14. The summed E-state index contributed by atoms with van der Waals surface area (Å²) in [6.07, 6.45) is 0. The lowest BCUT2D eigenvalue weighted by atomic mass is 10.1. The van der Waals surface area contributed by atoms with Gasteiger partial charge in [0.15, 0.2) is 0 Å². The smallest absolute Gasteiger partial charge is 0.224 e. The van der Waals surface area contributed by atoms with Gasteiger partial charge in [0, 0.05) is 10.9 Å². The van der Waals surface area contributed by atoms with Crippen molar-refractivity contribution < 1.29 is 14.3 Å². The second kappa shape index (κ2) is 8.70. The summed E-state index contributed by atoms with van der Waals surface area (Å²) >= 11 is 0.847. The van der Waals surface area contributed by atoms with Crippen LogP contribution in [0, 0.1) is 19.7 Å². The van der Waals surface area contributed by atoms with Gasteiger partial charge in [0.05, 0.1) is 16.3 Å². The number of aryl methyl sites for hydroxylation is 2. The molecule has 0 aromatic heterocycles. The number of hydrogen-bond acceptors (Lipinski definition) is 5. The third-order valence-corrected chi connectivity index (χ3v) is 5.84. The predicted molar refractivity (Wildman–Crippen MR) is 122 cm³/mol. The minimum Gasteiger partial charge on any atom is -0.507 e. The van der Waals surface area contributed by atoms with Gasteiger partial charge < -0.3 is 5.11 Å². The van der Waals surface area contributed by atoms with Crippen LogP contribution in [-0.2, 0) is 0 Å². The van der Waals surface area contributed by atoms with E-state index >= 15 is 0 Å². The van der Waals surface area contributed by atoms with E-state index in [1.165, 1.54) is 6.07 Å². The lowest BCUT2D eigenvalue weighted by molar-refractivity contribution is 0.108. The van der Waals surface area contributed by atoms with Crippen LogP contribution in [0.1, 0.15) is 21.5 Å². The van der Waals surface area contributed by atoms with Crippen LogP contribution in [0.2, 0.25) is 0 Å². The molecule has 0 aliphatic heterocycles. The van der Waals surface area contributed by atoms with E-state index in [1.54, 1.807) is 56.3 Å². The zero-order valence-corrected chi connectivity index (χ0v) is 17.8. The van der Waals surface area contributed by atoms with Gasteiger partial charge in [0.1, 0.15) is 11.6 Å². The highest BCUT2D eigenvalue weighted by Crippen LogP contribution is 2.34. The third-order valence-electron chi connectivity index (χ3n) is 4.86. The zero-order chi connectivity index (χ0) is 22.0. The van der Waals surface area contributed by atoms with E-state index in [4.69, 9.17) is 0 Å². The van der Waals surface area contributed by atoms with Gasteiger partial charge in [-0.15, -0.1) is 5.11 Å². The fourth-order valence-corrected chi connectivity index (χ4v) is 4.03. The number of halogens is 1. The molecule has 6 heteroatoms. The third kappa shape index (κ3) is 4.49. The van der Waals surface area contributed by atoms with Crippen molar-refractivity contribution >= 4 is 39.0 Å². The molecule has 0 aliphatic carbocycles. The molecular weight excluding hydrogens is 411 g/mol. The average molecular weight is 431 g/mol. The number of hydrogen-bond donors (Lipinski definition) is 1. The Morgan fingerprint density at radius 3 is 2.32 bits per heavy atom. The number of carbonyl (C=O) groups excluding carboxylic acids is 1. The van der Waals surface area contributed by atoms with Gasteiger partial charge in [-0.3, -0.25) is 4.79 Å². The Morgan fingerprint density at radius 2 is 1.58 bits per heavy atom. The van der Waals surface area contributed by atoms with Crippen LogP contribution in [0.4, 0.5) is 15.8 Å². The first-order valence-electron chi connectivity index (χ1n) is 9.64. The van der Waals surface area contributed by atoms with Gasteiger partial charge in [0.25, 0.3) is 0 Å². The van der Waals surface area contributed by atoms with Gasteiger partial charge in [-0.25, -0.2) is 4.39 Å². The maximum atomic E-state index is 14.0. The number of azo groups is 1. The van der Waals surface area contributed by atoms with E-state index in [2.05, 4.69) is 10.2 Å². The molecule has 0 unspecified atom stereocenters. The van der Waals surface area contributed by atoms with Crippen molar-refractivity contribution in [2.24, 2.45) is 10.2 Å². The summed E-state index contributed by atoms with van der Waals surface area (Å²) in [6, 6.07) is 20.7. The second-order valence-electron chi connectivity index (χ2n) is 7.16. The van der Waals surface area contributed by atoms with Crippen LogP contribution in [-0.4, -0.2) is 10.2 Å². The number of phenols is 1. The van der Waals surface area contributed by atoms with Gasteiger partial charge >= 0.3 is 0 Å². The first kappa shape index (κ1) is 20.8. The molecule has 4 nitrogen and oxygen atoms in total. The number of aromatic hydroxyl groups is 1. The molecule has 0 atom stereocenters. The van der Waals surface area contributed by atoms with Crippen LogP contribution in [0.25, 0.3) is 10.8 Å². The summed E-state index contributed by atoms with van der Waals surface area (Å²) in [4.78, 5) is 13.1. The molecule has 0 amide bonds. The number of benzene rings is 4. The standard InChI is InChI=1S/C25H19FN2O2S/c1-15-11-19(12-16(2)24(15)29)27-28-22-14-18(13-17-7-3-4-8-20(17)22)25(30)31-23-10-6-5-9-21(23)26/h3-14,29H,1-2H3. The SMILES string of the molecule is Cc1cc(N=Nc2cc(C(=O)Sc3ccccc3F)cc3ccccc23)cc(C)c1O. The molecule has 0 fully saturated rings. The molecule has 31 heavy (non-hydrogen) atoms. The molecular formula is C25H19FN2O2S. The van der Waals surface area contributed by atoms with Gasteiger partial charge in [0.2, 0.25) is 5.12 Å². The number of nitrogens with zero attached hydrogens (tertiary/aromatic N) is 2. The molecule has 0 saturated carbocycles. The van der Waals surface area contributed by atoms with Crippen LogP contribution < -0.4 is 0 Å². The van der Waals surface area contributed by atoms with E-state index in [-0.39, 0.29) is 15.8 Å². The average Bonchev–Trinajstić information content (AvgIpc) is 2.77. The maximum absolute atomic E-state index is 14.0. The van der Waals surface area contributed by atoms with Crippen LogP contribution in [0.3, 0.4) is 0 Å². The monoisotopic (exact) mass is 430 g/mol. The molecule has 0 bridgehead atoms. The van der Waals surface area contributed by atoms with Crippen molar-refractivity contribution in [1.29, 1.82) is 0 Å². The van der Waals surface area contributed by atoms with E-state index in [9.17, 15) is 14.3 Å². The molecule has 1 N–H and O–H groups in total. The fourth-order valence-electron chi connectivity index (χ4n) is 3.28. The molecule has 0 saturated heterocycles. The molecule has 4 aromatic rings. The highest BCUT2D eigenvalue weighted by atomic mass is 32.2. The Bertz CT molecular complexity index is 1310. The van der Waals surface area contributed by atoms with E-state index < -0.39 is 5.82 Å². The van der Waals surface area contributed by atoms with E-state index in [1.807, 2.05) is 24.3 Å². The Kier molecular flexibility index (Phi) is 5.82. The highest BCUT2D eigenvalue weighted by Gasteiger charge is 2.14.